The minimum atomic E-state index is -4.12. The summed E-state index contributed by atoms with van der Waals surface area (Å²) in [5.74, 6) is -2.04. The number of benzene rings is 1. The van der Waals surface area contributed by atoms with E-state index < -0.39 is 39.9 Å². The van der Waals surface area contributed by atoms with Gasteiger partial charge in [-0.3, -0.25) is 14.3 Å². The molecule has 1 aliphatic rings. The van der Waals surface area contributed by atoms with Crippen molar-refractivity contribution in [1.82, 2.24) is 24.1 Å². The molecule has 0 aliphatic carbocycles. The van der Waals surface area contributed by atoms with Crippen molar-refractivity contribution in [3.63, 3.8) is 0 Å². The fourth-order valence-electron chi connectivity index (χ4n) is 3.22. The van der Waals surface area contributed by atoms with Crippen LogP contribution in [0.15, 0.2) is 24.4 Å². The molecule has 2 amide bonds. The van der Waals surface area contributed by atoms with Crippen LogP contribution in [0.4, 0.5) is 10.1 Å². The van der Waals surface area contributed by atoms with Crippen LogP contribution in [0.1, 0.15) is 23.2 Å². The van der Waals surface area contributed by atoms with E-state index in [9.17, 15) is 22.4 Å². The molecule has 3 N–H and O–H groups in total. The van der Waals surface area contributed by atoms with Crippen LogP contribution >= 0.6 is 0 Å². The van der Waals surface area contributed by atoms with Gasteiger partial charge in [0.25, 0.3) is 10.2 Å². The number of likely N-dealkylation sites (N-methyl/N-ethyl adjacent to an activating group) is 1. The van der Waals surface area contributed by atoms with Gasteiger partial charge < -0.3 is 10.6 Å². The average Bonchev–Trinajstić information content (AvgIpc) is 3.07. The Labute approximate surface area is 184 Å². The van der Waals surface area contributed by atoms with Crippen LogP contribution in [-0.2, 0) is 33.4 Å². The summed E-state index contributed by atoms with van der Waals surface area (Å²) >= 11 is 0. The molecule has 2 atom stereocenters. The van der Waals surface area contributed by atoms with Crippen molar-refractivity contribution in [3.8, 4) is 6.07 Å². The van der Waals surface area contributed by atoms with E-state index in [4.69, 9.17) is 5.26 Å². The van der Waals surface area contributed by atoms with Crippen molar-refractivity contribution in [1.29, 1.82) is 5.26 Å². The van der Waals surface area contributed by atoms with Gasteiger partial charge >= 0.3 is 0 Å². The van der Waals surface area contributed by atoms with Gasteiger partial charge in [-0.1, -0.05) is 0 Å². The molecule has 0 radical (unpaired) electrons. The number of hydrogen-bond donors (Lipinski definition) is 3. The first-order valence-electron chi connectivity index (χ1n) is 9.54. The Balaban J connectivity index is 1.73. The first-order valence-corrected chi connectivity index (χ1v) is 11.0. The maximum absolute atomic E-state index is 13.5. The molecular weight excluding hydrogens is 441 g/mol. The number of aryl methyl sites for hydroxylation is 1. The molecule has 0 bridgehead atoms. The van der Waals surface area contributed by atoms with Gasteiger partial charge in [0, 0.05) is 37.6 Å². The van der Waals surface area contributed by atoms with Gasteiger partial charge in [0.2, 0.25) is 11.8 Å². The number of rotatable bonds is 5. The molecule has 11 nitrogen and oxygen atoms in total. The standard InChI is InChI=1S/C19H22FN7O4S/c1-11-13(10-23-26(11)2)9-22-18(28)16-7-17(27(3)32(30,31)25-16)19(29)24-14-4-5-15(20)12(6-14)8-21/h4-6,10,16-17,25H,7,9H2,1-3H3,(H,22,28)(H,24,29). The normalized spacial score (nSPS) is 20.3. The molecule has 1 fully saturated rings. The molecule has 2 aromatic rings. The lowest BCUT2D eigenvalue weighted by Crippen LogP contribution is -2.62. The molecule has 32 heavy (non-hydrogen) atoms. The Hall–Kier alpha value is -3.34. The number of amides is 2. The van der Waals surface area contributed by atoms with Crippen molar-refractivity contribution in [2.24, 2.45) is 7.05 Å². The monoisotopic (exact) mass is 463 g/mol. The molecule has 2 heterocycles. The van der Waals surface area contributed by atoms with Crippen LogP contribution in [0.2, 0.25) is 0 Å². The topological polar surface area (TPSA) is 149 Å². The highest BCUT2D eigenvalue weighted by Gasteiger charge is 2.42. The predicted octanol–water partition coefficient (Wildman–Crippen LogP) is -0.0987. The summed E-state index contributed by atoms with van der Waals surface area (Å²) in [5.41, 5.74) is 1.49. The van der Waals surface area contributed by atoms with Crippen molar-refractivity contribution >= 4 is 27.7 Å². The minimum absolute atomic E-state index is 0.130. The first kappa shape index (κ1) is 23.3. The van der Waals surface area contributed by atoms with E-state index >= 15 is 0 Å². The zero-order valence-corrected chi connectivity index (χ0v) is 18.4. The summed E-state index contributed by atoms with van der Waals surface area (Å²) < 4.78 is 43.2. The third-order valence-electron chi connectivity index (χ3n) is 5.33. The Kier molecular flexibility index (Phi) is 6.58. The fourth-order valence-corrected chi connectivity index (χ4v) is 4.47. The summed E-state index contributed by atoms with van der Waals surface area (Å²) in [7, 11) is -1.14. The first-order chi connectivity index (χ1) is 15.0. The van der Waals surface area contributed by atoms with Gasteiger partial charge in [0.05, 0.1) is 11.8 Å². The molecule has 0 spiro atoms. The lowest BCUT2D eigenvalue weighted by Gasteiger charge is -2.35. The third kappa shape index (κ3) is 4.77. The lowest BCUT2D eigenvalue weighted by molar-refractivity contribution is -0.124. The predicted molar refractivity (Wildman–Crippen MR) is 112 cm³/mol. The van der Waals surface area contributed by atoms with E-state index in [-0.39, 0.29) is 24.2 Å². The number of carbonyl (C=O) groups excluding carboxylic acids is 2. The summed E-state index contributed by atoms with van der Waals surface area (Å²) in [6.45, 7) is 1.98. The average molecular weight is 463 g/mol. The molecule has 13 heteroatoms. The van der Waals surface area contributed by atoms with E-state index in [1.807, 2.05) is 6.92 Å². The Morgan fingerprint density at radius 2 is 2.06 bits per heavy atom. The SMILES string of the molecule is Cc1c(CNC(=O)C2CC(C(=O)Nc3ccc(F)c(C#N)c3)N(C)S(=O)(=O)N2)cnn1C. The van der Waals surface area contributed by atoms with Gasteiger partial charge in [-0.25, -0.2) is 4.39 Å². The summed E-state index contributed by atoms with van der Waals surface area (Å²) in [4.78, 5) is 25.4. The van der Waals surface area contributed by atoms with Crippen molar-refractivity contribution in [3.05, 3.63) is 47.0 Å². The summed E-state index contributed by atoms with van der Waals surface area (Å²) in [5, 5.41) is 18.2. The number of nitrogens with zero attached hydrogens (tertiary/aromatic N) is 4. The second-order valence-corrected chi connectivity index (χ2v) is 9.10. The highest BCUT2D eigenvalue weighted by atomic mass is 32.2. The molecule has 170 valence electrons. The quantitative estimate of drug-likeness (QED) is 0.564. The number of nitriles is 1. The second kappa shape index (κ2) is 9.03. The Bertz CT molecular complexity index is 1200. The van der Waals surface area contributed by atoms with E-state index in [0.717, 1.165) is 27.7 Å². The molecule has 3 rings (SSSR count). The summed E-state index contributed by atoms with van der Waals surface area (Å²) in [6, 6.07) is 2.71. The number of anilines is 1. The minimum Gasteiger partial charge on any atom is -0.351 e. The zero-order valence-electron chi connectivity index (χ0n) is 17.6. The van der Waals surface area contributed by atoms with Gasteiger partial charge in [-0.05, 0) is 31.5 Å². The maximum atomic E-state index is 13.5. The number of aromatic nitrogens is 2. The van der Waals surface area contributed by atoms with Crippen LogP contribution in [-0.4, -0.2) is 53.4 Å². The molecule has 1 aromatic heterocycles. The van der Waals surface area contributed by atoms with Crippen LogP contribution < -0.4 is 15.4 Å². The molecule has 1 saturated heterocycles. The third-order valence-corrected chi connectivity index (χ3v) is 6.93. The van der Waals surface area contributed by atoms with Gasteiger partial charge in [-0.15, -0.1) is 0 Å². The van der Waals surface area contributed by atoms with Crippen molar-refractivity contribution in [2.45, 2.75) is 32.0 Å². The highest BCUT2D eigenvalue weighted by molar-refractivity contribution is 7.87. The Morgan fingerprint density at radius 1 is 1.34 bits per heavy atom. The molecular formula is C19H22FN7O4S. The van der Waals surface area contributed by atoms with E-state index in [1.54, 1.807) is 24.0 Å². The van der Waals surface area contributed by atoms with E-state index in [0.29, 0.717) is 0 Å². The summed E-state index contributed by atoms with van der Waals surface area (Å²) in [6.07, 6.45) is 1.47. The Morgan fingerprint density at radius 3 is 2.69 bits per heavy atom. The van der Waals surface area contributed by atoms with E-state index in [2.05, 4.69) is 20.5 Å². The zero-order chi connectivity index (χ0) is 23.6. The highest BCUT2D eigenvalue weighted by Crippen LogP contribution is 2.20. The number of carbonyl (C=O) groups is 2. The maximum Gasteiger partial charge on any atom is 0.280 e. The number of nitrogens with one attached hydrogen (secondary N) is 3. The van der Waals surface area contributed by atoms with Gasteiger partial charge in [-0.2, -0.15) is 27.8 Å². The van der Waals surface area contributed by atoms with Crippen molar-refractivity contribution in [2.75, 3.05) is 12.4 Å². The van der Waals surface area contributed by atoms with Crippen LogP contribution in [0.5, 0.6) is 0 Å². The number of halogens is 1. The molecule has 1 aromatic carbocycles. The van der Waals surface area contributed by atoms with Gasteiger partial charge in [0.15, 0.2) is 0 Å². The second-order valence-electron chi connectivity index (χ2n) is 7.34. The van der Waals surface area contributed by atoms with E-state index in [1.165, 1.54) is 13.1 Å². The number of hydrogen-bond acceptors (Lipinski definition) is 6. The fraction of sp³-hybridized carbons (Fsp3) is 0.368. The molecule has 0 saturated carbocycles. The van der Waals surface area contributed by atoms with Crippen LogP contribution in [0, 0.1) is 24.1 Å². The van der Waals surface area contributed by atoms with Crippen molar-refractivity contribution < 1.29 is 22.4 Å². The van der Waals surface area contributed by atoms with Crippen LogP contribution in [0.25, 0.3) is 0 Å². The molecule has 2 unspecified atom stereocenters. The van der Waals surface area contributed by atoms with Gasteiger partial charge in [0.1, 0.15) is 24.0 Å². The largest absolute Gasteiger partial charge is 0.351 e. The smallest absolute Gasteiger partial charge is 0.280 e. The lowest BCUT2D eigenvalue weighted by atomic mass is 10.1. The molecule has 1 aliphatic heterocycles. The van der Waals surface area contributed by atoms with Crippen LogP contribution in [0.3, 0.4) is 0 Å².